The molecule has 86 valence electrons. The molecule has 1 aromatic heterocycles. The molecule has 0 amide bonds. The number of nitrogens with zero attached hydrogens (tertiary/aromatic N) is 5. The van der Waals surface area contributed by atoms with Crippen molar-refractivity contribution < 1.29 is 9.31 Å². The highest BCUT2D eigenvalue weighted by Crippen LogP contribution is 2.22. The van der Waals surface area contributed by atoms with Gasteiger partial charge in [0.1, 0.15) is 5.82 Å². The van der Waals surface area contributed by atoms with E-state index in [4.69, 9.17) is 0 Å². The van der Waals surface area contributed by atoms with E-state index in [0.29, 0.717) is 5.82 Å². The number of benzene rings is 1. The maximum absolute atomic E-state index is 13.2. The molecule has 0 unspecified atom stereocenters. The lowest BCUT2D eigenvalue weighted by molar-refractivity contribution is -0.385. The summed E-state index contributed by atoms with van der Waals surface area (Å²) in [5.41, 5.74) is -0.208. The minimum Gasteiger partial charge on any atom is -0.258 e. The Morgan fingerprint density at radius 1 is 1.18 bits per heavy atom. The van der Waals surface area contributed by atoms with Gasteiger partial charge in [-0.2, -0.15) is 0 Å². The molecule has 8 heteroatoms. The molecule has 0 saturated carbocycles. The highest BCUT2D eigenvalue weighted by molar-refractivity contribution is 5.58. The van der Waals surface area contributed by atoms with Gasteiger partial charge in [-0.1, -0.05) is 0 Å². The van der Waals surface area contributed by atoms with Crippen LogP contribution in [0, 0.1) is 22.9 Å². The van der Waals surface area contributed by atoms with Crippen LogP contribution >= 0.6 is 0 Å². The molecule has 0 N–H and O–H groups in total. The third kappa shape index (κ3) is 2.36. The standard InChI is InChI=1S/C9H6FN5O2/c1-5-11-13-9(14-12-5)6-2-7(10)4-8(3-6)15(16)17/h2-4H,1H3. The van der Waals surface area contributed by atoms with Gasteiger partial charge in [0.05, 0.1) is 11.0 Å². The summed E-state index contributed by atoms with van der Waals surface area (Å²) < 4.78 is 13.2. The van der Waals surface area contributed by atoms with Gasteiger partial charge in [0.2, 0.25) is 5.82 Å². The molecule has 0 saturated heterocycles. The number of hydrogen-bond acceptors (Lipinski definition) is 6. The molecule has 0 aliphatic heterocycles. The van der Waals surface area contributed by atoms with Gasteiger partial charge >= 0.3 is 0 Å². The number of hydrogen-bond donors (Lipinski definition) is 0. The molecule has 0 atom stereocenters. The van der Waals surface area contributed by atoms with Crippen molar-refractivity contribution in [1.29, 1.82) is 0 Å². The van der Waals surface area contributed by atoms with Gasteiger partial charge in [-0.25, -0.2) is 4.39 Å². The number of aromatic nitrogens is 4. The van der Waals surface area contributed by atoms with Crippen molar-refractivity contribution in [3.63, 3.8) is 0 Å². The highest BCUT2D eigenvalue weighted by atomic mass is 19.1. The summed E-state index contributed by atoms with van der Waals surface area (Å²) in [7, 11) is 0. The molecule has 0 fully saturated rings. The highest BCUT2D eigenvalue weighted by Gasteiger charge is 2.13. The van der Waals surface area contributed by atoms with E-state index in [2.05, 4.69) is 20.4 Å². The summed E-state index contributed by atoms with van der Waals surface area (Å²) in [5, 5.41) is 25.2. The largest absolute Gasteiger partial charge is 0.273 e. The van der Waals surface area contributed by atoms with Crippen molar-refractivity contribution in [3.8, 4) is 11.4 Å². The molecule has 2 rings (SSSR count). The molecule has 0 aliphatic rings. The van der Waals surface area contributed by atoms with Crippen molar-refractivity contribution in [3.05, 3.63) is 40.0 Å². The average molecular weight is 235 g/mol. The van der Waals surface area contributed by atoms with Gasteiger partial charge in [0, 0.05) is 11.6 Å². The van der Waals surface area contributed by atoms with Gasteiger partial charge in [-0.15, -0.1) is 20.4 Å². The Bertz CT molecular complexity index is 572. The molecule has 0 bridgehead atoms. The fraction of sp³-hybridized carbons (Fsp3) is 0.111. The predicted octanol–water partition coefficient (Wildman–Crippen LogP) is 1.29. The number of rotatable bonds is 2. The van der Waals surface area contributed by atoms with Crippen molar-refractivity contribution in [2.75, 3.05) is 0 Å². The number of halogens is 1. The van der Waals surface area contributed by atoms with Crippen LogP contribution < -0.4 is 0 Å². The molecule has 7 nitrogen and oxygen atoms in total. The Kier molecular flexibility index (Phi) is 2.69. The minimum absolute atomic E-state index is 0.0400. The molecular weight excluding hydrogens is 229 g/mol. The van der Waals surface area contributed by atoms with E-state index in [1.807, 2.05) is 0 Å². The average Bonchev–Trinajstić information content (AvgIpc) is 2.29. The molecule has 2 aromatic rings. The monoisotopic (exact) mass is 235 g/mol. The van der Waals surface area contributed by atoms with Gasteiger partial charge in [0.15, 0.2) is 5.82 Å². The molecular formula is C9H6FN5O2. The van der Waals surface area contributed by atoms with Crippen LogP contribution in [0.15, 0.2) is 18.2 Å². The van der Waals surface area contributed by atoms with E-state index >= 15 is 0 Å². The van der Waals surface area contributed by atoms with E-state index < -0.39 is 10.7 Å². The van der Waals surface area contributed by atoms with Crippen LogP contribution in [0.1, 0.15) is 5.82 Å². The number of nitro groups is 1. The SMILES string of the molecule is Cc1nnc(-c2cc(F)cc([N+](=O)[O-])c2)nn1. The van der Waals surface area contributed by atoms with Crippen LogP contribution in [0.5, 0.6) is 0 Å². The third-order valence-electron chi connectivity index (χ3n) is 1.93. The van der Waals surface area contributed by atoms with Crippen LogP contribution in [0.4, 0.5) is 10.1 Å². The summed E-state index contributed by atoms with van der Waals surface area (Å²) in [4.78, 5) is 9.86. The first-order valence-electron chi connectivity index (χ1n) is 4.55. The Labute approximate surface area is 94.5 Å². The van der Waals surface area contributed by atoms with Gasteiger partial charge in [0.25, 0.3) is 5.69 Å². The van der Waals surface area contributed by atoms with Crippen molar-refractivity contribution >= 4 is 5.69 Å². The number of non-ortho nitro benzene ring substituents is 1. The normalized spacial score (nSPS) is 10.2. The quantitative estimate of drug-likeness (QED) is 0.574. The maximum atomic E-state index is 13.2. The summed E-state index contributed by atoms with van der Waals surface area (Å²) >= 11 is 0. The molecule has 0 aliphatic carbocycles. The first kappa shape index (κ1) is 11.0. The molecule has 1 aromatic carbocycles. The van der Waals surface area contributed by atoms with Crippen LogP contribution in [0.2, 0.25) is 0 Å². The fourth-order valence-electron chi connectivity index (χ4n) is 1.20. The summed E-state index contributed by atoms with van der Waals surface area (Å²) in [5.74, 6) is -0.337. The van der Waals surface area contributed by atoms with Gasteiger partial charge in [-0.05, 0) is 13.0 Å². The molecule has 0 spiro atoms. The zero-order valence-electron chi connectivity index (χ0n) is 8.66. The number of aryl methyl sites for hydroxylation is 1. The van der Waals surface area contributed by atoms with Crippen LogP contribution in [0.3, 0.4) is 0 Å². The van der Waals surface area contributed by atoms with E-state index in [0.717, 1.165) is 18.2 Å². The topological polar surface area (TPSA) is 94.7 Å². The predicted molar refractivity (Wildman–Crippen MR) is 54.4 cm³/mol. The zero-order chi connectivity index (χ0) is 12.4. The molecule has 17 heavy (non-hydrogen) atoms. The van der Waals surface area contributed by atoms with E-state index in [9.17, 15) is 14.5 Å². The Hall–Kier alpha value is -2.51. The smallest absolute Gasteiger partial charge is 0.258 e. The van der Waals surface area contributed by atoms with E-state index in [1.165, 1.54) is 0 Å². The second kappa shape index (κ2) is 4.16. The minimum atomic E-state index is -0.738. The summed E-state index contributed by atoms with van der Waals surface area (Å²) in [6.45, 7) is 1.60. The van der Waals surface area contributed by atoms with Gasteiger partial charge < -0.3 is 0 Å². The Balaban J connectivity index is 2.51. The zero-order valence-corrected chi connectivity index (χ0v) is 8.66. The fourth-order valence-corrected chi connectivity index (χ4v) is 1.20. The second-order valence-electron chi connectivity index (χ2n) is 3.23. The lowest BCUT2D eigenvalue weighted by Crippen LogP contribution is -1.99. The van der Waals surface area contributed by atoms with Crippen molar-refractivity contribution in [1.82, 2.24) is 20.4 Å². The van der Waals surface area contributed by atoms with Crippen LogP contribution in [-0.2, 0) is 0 Å². The van der Waals surface area contributed by atoms with Crippen molar-refractivity contribution in [2.45, 2.75) is 6.92 Å². The first-order chi connectivity index (χ1) is 8.06. The molecule has 0 radical (unpaired) electrons. The lowest BCUT2D eigenvalue weighted by atomic mass is 10.2. The Morgan fingerprint density at radius 2 is 1.82 bits per heavy atom. The van der Waals surface area contributed by atoms with Crippen LogP contribution in [-0.4, -0.2) is 25.3 Å². The number of nitro benzene ring substituents is 1. The van der Waals surface area contributed by atoms with Crippen LogP contribution in [0.25, 0.3) is 11.4 Å². The summed E-state index contributed by atoms with van der Waals surface area (Å²) in [6.07, 6.45) is 0. The summed E-state index contributed by atoms with van der Waals surface area (Å²) in [6, 6.07) is 3.07. The Morgan fingerprint density at radius 3 is 2.41 bits per heavy atom. The first-order valence-corrected chi connectivity index (χ1v) is 4.55. The third-order valence-corrected chi connectivity index (χ3v) is 1.93. The van der Waals surface area contributed by atoms with E-state index in [-0.39, 0.29) is 17.1 Å². The van der Waals surface area contributed by atoms with Gasteiger partial charge in [-0.3, -0.25) is 10.1 Å². The van der Waals surface area contributed by atoms with E-state index in [1.54, 1.807) is 6.92 Å². The maximum Gasteiger partial charge on any atom is 0.273 e. The lowest BCUT2D eigenvalue weighted by Gasteiger charge is -1.99. The molecule has 1 heterocycles. The second-order valence-corrected chi connectivity index (χ2v) is 3.23. The van der Waals surface area contributed by atoms with Crippen molar-refractivity contribution in [2.24, 2.45) is 0 Å².